The van der Waals surface area contributed by atoms with E-state index in [0.717, 1.165) is 17.9 Å². The topological polar surface area (TPSA) is 49.3 Å². The molecule has 1 fully saturated rings. The molecule has 0 saturated carbocycles. The molecule has 0 aromatic carbocycles. The number of pyridine rings is 2. The van der Waals surface area contributed by atoms with Crippen molar-refractivity contribution in [2.24, 2.45) is 0 Å². The molecular formula is C17H18ClFN4O. The van der Waals surface area contributed by atoms with E-state index in [1.54, 1.807) is 23.1 Å². The van der Waals surface area contributed by atoms with Crippen molar-refractivity contribution in [2.45, 2.75) is 13.3 Å². The Bertz CT molecular complexity index is 730. The van der Waals surface area contributed by atoms with Crippen molar-refractivity contribution in [3.05, 3.63) is 52.7 Å². The summed E-state index contributed by atoms with van der Waals surface area (Å²) in [4.78, 5) is 24.8. The van der Waals surface area contributed by atoms with Gasteiger partial charge >= 0.3 is 0 Å². The standard InChI is InChI=1S/C17H18ClFN4O/c1-2-14-9-12(10-15(18)21-14)17(24)23-7-5-22(6-8-23)16-4-3-13(19)11-20-16/h3-4,9-11H,2,5-8H2,1H3. The van der Waals surface area contributed by atoms with Crippen molar-refractivity contribution in [1.29, 1.82) is 0 Å². The van der Waals surface area contributed by atoms with Crippen molar-refractivity contribution in [2.75, 3.05) is 31.1 Å². The minimum Gasteiger partial charge on any atom is -0.353 e. The van der Waals surface area contributed by atoms with Gasteiger partial charge in [-0.3, -0.25) is 4.79 Å². The number of nitrogens with zero attached hydrogens (tertiary/aromatic N) is 4. The SMILES string of the molecule is CCc1cc(C(=O)N2CCN(c3ccc(F)cn3)CC2)cc(Cl)n1. The summed E-state index contributed by atoms with van der Waals surface area (Å²) in [6, 6.07) is 6.45. The Morgan fingerprint density at radius 3 is 2.62 bits per heavy atom. The summed E-state index contributed by atoms with van der Waals surface area (Å²) in [5.41, 5.74) is 1.38. The lowest BCUT2D eigenvalue weighted by molar-refractivity contribution is 0.0746. The minimum absolute atomic E-state index is 0.0410. The van der Waals surface area contributed by atoms with Crippen molar-refractivity contribution in [3.8, 4) is 0 Å². The number of aromatic nitrogens is 2. The fraction of sp³-hybridized carbons (Fsp3) is 0.353. The van der Waals surface area contributed by atoms with Crippen LogP contribution in [0.3, 0.4) is 0 Å². The van der Waals surface area contributed by atoms with Gasteiger partial charge in [-0.15, -0.1) is 0 Å². The summed E-state index contributed by atoms with van der Waals surface area (Å²) in [6.45, 7) is 4.45. The number of amides is 1. The van der Waals surface area contributed by atoms with Crippen LogP contribution < -0.4 is 4.90 Å². The van der Waals surface area contributed by atoms with E-state index in [1.165, 1.54) is 12.3 Å². The van der Waals surface area contributed by atoms with Gasteiger partial charge in [0.1, 0.15) is 16.8 Å². The number of hydrogen-bond donors (Lipinski definition) is 0. The van der Waals surface area contributed by atoms with Gasteiger partial charge in [0.2, 0.25) is 0 Å². The van der Waals surface area contributed by atoms with E-state index in [1.807, 2.05) is 11.8 Å². The second-order valence-corrected chi connectivity index (χ2v) is 6.02. The van der Waals surface area contributed by atoms with Crippen LogP contribution in [-0.4, -0.2) is 47.0 Å². The molecule has 0 atom stereocenters. The van der Waals surface area contributed by atoms with Gasteiger partial charge in [-0.1, -0.05) is 18.5 Å². The first kappa shape index (κ1) is 16.6. The zero-order valence-electron chi connectivity index (χ0n) is 13.4. The van der Waals surface area contributed by atoms with Crippen LogP contribution in [-0.2, 0) is 6.42 Å². The largest absolute Gasteiger partial charge is 0.353 e. The first-order valence-corrected chi connectivity index (χ1v) is 8.27. The Balaban J connectivity index is 1.67. The van der Waals surface area contributed by atoms with Crippen LogP contribution >= 0.6 is 11.6 Å². The van der Waals surface area contributed by atoms with E-state index in [-0.39, 0.29) is 11.7 Å². The predicted octanol–water partition coefficient (Wildman–Crippen LogP) is 2.79. The highest BCUT2D eigenvalue weighted by Crippen LogP contribution is 2.17. The van der Waals surface area contributed by atoms with Crippen LogP contribution in [0.25, 0.3) is 0 Å². The van der Waals surface area contributed by atoms with Crippen molar-refractivity contribution in [3.63, 3.8) is 0 Å². The normalized spacial score (nSPS) is 14.8. The lowest BCUT2D eigenvalue weighted by atomic mass is 10.1. The molecule has 0 N–H and O–H groups in total. The average Bonchev–Trinajstić information content (AvgIpc) is 2.61. The molecule has 3 rings (SSSR count). The highest BCUT2D eigenvalue weighted by atomic mass is 35.5. The van der Waals surface area contributed by atoms with E-state index < -0.39 is 0 Å². The maximum absolute atomic E-state index is 13.0. The number of anilines is 1. The summed E-state index contributed by atoms with van der Waals surface area (Å²) in [5, 5.41) is 0.340. The van der Waals surface area contributed by atoms with Gasteiger partial charge in [-0.25, -0.2) is 14.4 Å². The lowest BCUT2D eigenvalue weighted by Crippen LogP contribution is -2.49. The molecule has 1 amide bonds. The fourth-order valence-electron chi connectivity index (χ4n) is 2.73. The molecule has 3 heterocycles. The Hall–Kier alpha value is -2.21. The summed E-state index contributed by atoms with van der Waals surface area (Å²) < 4.78 is 13.0. The number of carbonyl (C=O) groups is 1. The van der Waals surface area contributed by atoms with Gasteiger partial charge in [-0.05, 0) is 30.7 Å². The van der Waals surface area contributed by atoms with E-state index in [9.17, 15) is 9.18 Å². The quantitative estimate of drug-likeness (QED) is 0.800. The molecule has 5 nitrogen and oxygen atoms in total. The second kappa shape index (κ2) is 7.13. The third-order valence-corrected chi connectivity index (χ3v) is 4.25. The molecule has 0 spiro atoms. The molecule has 0 unspecified atom stereocenters. The van der Waals surface area contributed by atoms with E-state index >= 15 is 0 Å². The number of carbonyl (C=O) groups excluding carboxylic acids is 1. The molecule has 0 bridgehead atoms. The first-order chi connectivity index (χ1) is 11.6. The number of aryl methyl sites for hydroxylation is 1. The zero-order chi connectivity index (χ0) is 17.1. The Morgan fingerprint density at radius 2 is 2.00 bits per heavy atom. The van der Waals surface area contributed by atoms with Crippen LogP contribution in [0.1, 0.15) is 23.0 Å². The van der Waals surface area contributed by atoms with Crippen molar-refractivity contribution in [1.82, 2.24) is 14.9 Å². The van der Waals surface area contributed by atoms with E-state index in [0.29, 0.717) is 36.9 Å². The van der Waals surface area contributed by atoms with Crippen LogP contribution in [0, 0.1) is 5.82 Å². The Kier molecular flexibility index (Phi) is 4.94. The number of rotatable bonds is 3. The van der Waals surface area contributed by atoms with Gasteiger partial charge < -0.3 is 9.80 Å². The molecule has 0 aliphatic carbocycles. The second-order valence-electron chi connectivity index (χ2n) is 5.64. The number of halogens is 2. The lowest BCUT2D eigenvalue weighted by Gasteiger charge is -2.35. The number of piperazine rings is 1. The molecule has 7 heteroatoms. The molecule has 2 aromatic heterocycles. The summed E-state index contributed by atoms with van der Waals surface area (Å²) in [5.74, 6) is 0.332. The summed E-state index contributed by atoms with van der Waals surface area (Å²) in [6.07, 6.45) is 1.93. The zero-order valence-corrected chi connectivity index (χ0v) is 14.1. The van der Waals surface area contributed by atoms with Crippen LogP contribution in [0.2, 0.25) is 5.15 Å². The molecule has 24 heavy (non-hydrogen) atoms. The molecule has 126 valence electrons. The Labute approximate surface area is 145 Å². The van der Waals surface area contributed by atoms with Crippen molar-refractivity contribution >= 4 is 23.3 Å². The minimum atomic E-state index is -0.353. The predicted molar refractivity (Wildman–Crippen MR) is 90.9 cm³/mol. The van der Waals surface area contributed by atoms with Gasteiger partial charge in [0.05, 0.1) is 6.20 Å². The summed E-state index contributed by atoms with van der Waals surface area (Å²) >= 11 is 6.00. The van der Waals surface area contributed by atoms with Gasteiger partial charge in [0.25, 0.3) is 5.91 Å². The molecule has 2 aromatic rings. The highest BCUT2D eigenvalue weighted by Gasteiger charge is 2.23. The maximum atomic E-state index is 13.0. The van der Waals surface area contributed by atoms with Gasteiger partial charge in [0.15, 0.2) is 0 Å². The smallest absolute Gasteiger partial charge is 0.254 e. The molecular weight excluding hydrogens is 331 g/mol. The molecule has 1 saturated heterocycles. The number of hydrogen-bond acceptors (Lipinski definition) is 4. The molecule has 1 aliphatic rings. The van der Waals surface area contributed by atoms with E-state index in [2.05, 4.69) is 9.97 Å². The average molecular weight is 349 g/mol. The third-order valence-electron chi connectivity index (χ3n) is 4.06. The van der Waals surface area contributed by atoms with Gasteiger partial charge in [0, 0.05) is 37.4 Å². The summed E-state index contributed by atoms with van der Waals surface area (Å²) in [7, 11) is 0. The van der Waals surface area contributed by atoms with Gasteiger partial charge in [-0.2, -0.15) is 0 Å². The van der Waals surface area contributed by atoms with E-state index in [4.69, 9.17) is 11.6 Å². The highest BCUT2D eigenvalue weighted by molar-refractivity contribution is 6.29. The molecule has 0 radical (unpaired) electrons. The molecule has 1 aliphatic heterocycles. The Morgan fingerprint density at radius 1 is 1.25 bits per heavy atom. The van der Waals surface area contributed by atoms with Crippen molar-refractivity contribution < 1.29 is 9.18 Å². The fourth-order valence-corrected chi connectivity index (χ4v) is 2.96. The maximum Gasteiger partial charge on any atom is 0.254 e. The monoisotopic (exact) mass is 348 g/mol. The first-order valence-electron chi connectivity index (χ1n) is 7.89. The van der Waals surface area contributed by atoms with Crippen LogP contribution in [0.5, 0.6) is 0 Å². The van der Waals surface area contributed by atoms with Crippen LogP contribution in [0.4, 0.5) is 10.2 Å². The van der Waals surface area contributed by atoms with Crippen LogP contribution in [0.15, 0.2) is 30.5 Å². The third kappa shape index (κ3) is 3.64.